The second-order valence-electron chi connectivity index (χ2n) is 4.01. The highest BCUT2D eigenvalue weighted by Crippen LogP contribution is 2.26. The minimum atomic E-state index is -0.829. The predicted octanol–water partition coefficient (Wildman–Crippen LogP) is 3.78. The van der Waals surface area contributed by atoms with E-state index in [1.807, 2.05) is 30.3 Å². The van der Waals surface area contributed by atoms with Gasteiger partial charge in [0.05, 0.1) is 12.2 Å². The molecule has 2 rings (SSSR count). The van der Waals surface area contributed by atoms with Crippen LogP contribution in [0.2, 0.25) is 0 Å². The number of para-hydroxylation sites is 1. The topological polar surface area (TPSA) is 41.1 Å². The maximum atomic E-state index is 13.5. The maximum absolute atomic E-state index is 13.5. The Morgan fingerprint density at radius 2 is 1.85 bits per heavy atom. The van der Waals surface area contributed by atoms with E-state index in [9.17, 15) is 13.6 Å². The Morgan fingerprint density at radius 1 is 1.15 bits per heavy atom. The van der Waals surface area contributed by atoms with Crippen molar-refractivity contribution >= 4 is 33.2 Å². The van der Waals surface area contributed by atoms with Crippen LogP contribution in [-0.2, 0) is 4.79 Å². The molecule has 0 heterocycles. The van der Waals surface area contributed by atoms with E-state index in [0.717, 1.165) is 11.8 Å². The van der Waals surface area contributed by atoms with E-state index in [2.05, 4.69) is 26.6 Å². The summed E-state index contributed by atoms with van der Waals surface area (Å²) in [7, 11) is 0. The lowest BCUT2D eigenvalue weighted by Gasteiger charge is -2.10. The first-order valence-corrected chi connectivity index (χ1v) is 6.59. The predicted molar refractivity (Wildman–Crippen MR) is 77.6 cm³/mol. The van der Waals surface area contributed by atoms with Crippen molar-refractivity contribution < 1.29 is 13.6 Å². The van der Waals surface area contributed by atoms with Gasteiger partial charge in [-0.15, -0.1) is 0 Å². The first-order valence-electron chi connectivity index (χ1n) is 5.79. The zero-order valence-electron chi connectivity index (χ0n) is 10.3. The molecule has 0 aliphatic rings. The van der Waals surface area contributed by atoms with Crippen LogP contribution in [0.25, 0.3) is 0 Å². The second kappa shape index (κ2) is 6.47. The molecule has 0 aliphatic carbocycles. The monoisotopic (exact) mass is 340 g/mol. The highest BCUT2D eigenvalue weighted by molar-refractivity contribution is 9.10. The van der Waals surface area contributed by atoms with Crippen molar-refractivity contribution in [3.05, 3.63) is 58.6 Å². The molecule has 0 saturated carbocycles. The number of hydrogen-bond acceptors (Lipinski definition) is 2. The summed E-state index contributed by atoms with van der Waals surface area (Å²) in [4.78, 5) is 11.7. The summed E-state index contributed by atoms with van der Waals surface area (Å²) < 4.78 is 26.6. The first-order chi connectivity index (χ1) is 9.56. The molecule has 0 fully saturated rings. The summed E-state index contributed by atoms with van der Waals surface area (Å²) in [5.41, 5.74) is 0.701. The number of carbonyl (C=O) groups is 1. The fourth-order valence-corrected chi connectivity index (χ4v) is 2.09. The molecule has 1 amide bonds. The van der Waals surface area contributed by atoms with Crippen LogP contribution in [0.5, 0.6) is 0 Å². The molecule has 104 valence electrons. The third-order valence-electron chi connectivity index (χ3n) is 2.50. The van der Waals surface area contributed by atoms with E-state index in [4.69, 9.17) is 0 Å². The molecule has 0 atom stereocenters. The van der Waals surface area contributed by atoms with Crippen LogP contribution in [0.3, 0.4) is 0 Å². The Bertz CT molecular complexity index is 597. The maximum Gasteiger partial charge on any atom is 0.243 e. The molecule has 0 unspecified atom stereocenters. The van der Waals surface area contributed by atoms with Gasteiger partial charge in [0, 0.05) is 16.2 Å². The highest BCUT2D eigenvalue weighted by Gasteiger charge is 2.12. The van der Waals surface area contributed by atoms with Crippen molar-refractivity contribution in [2.45, 2.75) is 0 Å². The van der Waals surface area contributed by atoms with Gasteiger partial charge in [-0.05, 0) is 34.1 Å². The number of anilines is 2. The molecule has 3 nitrogen and oxygen atoms in total. The molecule has 6 heteroatoms. The largest absolute Gasteiger partial charge is 0.376 e. The van der Waals surface area contributed by atoms with Gasteiger partial charge in [0.15, 0.2) is 5.82 Å². The Kier molecular flexibility index (Phi) is 4.68. The van der Waals surface area contributed by atoms with Gasteiger partial charge in [0.2, 0.25) is 5.91 Å². The summed E-state index contributed by atoms with van der Waals surface area (Å²) in [5.74, 6) is -1.97. The number of nitrogens with one attached hydrogen (secondary N) is 2. The van der Waals surface area contributed by atoms with Gasteiger partial charge in [0.1, 0.15) is 5.82 Å². The van der Waals surface area contributed by atoms with Crippen molar-refractivity contribution in [3.8, 4) is 0 Å². The average molecular weight is 341 g/mol. The second-order valence-corrected chi connectivity index (χ2v) is 4.87. The Balaban J connectivity index is 1.98. The minimum absolute atomic E-state index is 0.0206. The molecule has 0 aliphatic heterocycles. The van der Waals surface area contributed by atoms with Gasteiger partial charge in [0.25, 0.3) is 0 Å². The van der Waals surface area contributed by atoms with Crippen molar-refractivity contribution in [2.24, 2.45) is 0 Å². The highest BCUT2D eigenvalue weighted by atomic mass is 79.9. The summed E-state index contributed by atoms with van der Waals surface area (Å²) >= 11 is 3.01. The van der Waals surface area contributed by atoms with E-state index in [0.29, 0.717) is 6.07 Å². The smallest absolute Gasteiger partial charge is 0.243 e. The summed E-state index contributed by atoms with van der Waals surface area (Å²) in [6.45, 7) is -0.0206. The van der Waals surface area contributed by atoms with Crippen molar-refractivity contribution in [2.75, 3.05) is 17.2 Å². The number of benzene rings is 2. The lowest BCUT2D eigenvalue weighted by molar-refractivity contribution is -0.114. The van der Waals surface area contributed by atoms with Crippen LogP contribution >= 0.6 is 15.9 Å². The third-order valence-corrected chi connectivity index (χ3v) is 3.12. The number of rotatable bonds is 4. The molecule has 0 aromatic heterocycles. The van der Waals surface area contributed by atoms with Crippen LogP contribution in [0, 0.1) is 11.6 Å². The van der Waals surface area contributed by atoms with Gasteiger partial charge < -0.3 is 10.6 Å². The summed E-state index contributed by atoms with van der Waals surface area (Å²) in [6.07, 6.45) is 0. The fourth-order valence-electron chi connectivity index (χ4n) is 1.58. The zero-order chi connectivity index (χ0) is 14.5. The van der Waals surface area contributed by atoms with Crippen LogP contribution < -0.4 is 10.6 Å². The molecule has 20 heavy (non-hydrogen) atoms. The first kappa shape index (κ1) is 14.5. The van der Waals surface area contributed by atoms with Crippen molar-refractivity contribution in [1.82, 2.24) is 0 Å². The average Bonchev–Trinajstić information content (AvgIpc) is 2.42. The standard InChI is InChI=1S/C14H11BrF2N2O/c15-11-6-9(16)7-12(17)14(11)19-13(20)8-18-10-4-2-1-3-5-10/h1-7,18H,8H2,(H,19,20). The van der Waals surface area contributed by atoms with Crippen molar-refractivity contribution in [3.63, 3.8) is 0 Å². The zero-order valence-corrected chi connectivity index (χ0v) is 11.9. The van der Waals surface area contributed by atoms with Gasteiger partial charge >= 0.3 is 0 Å². The molecule has 2 aromatic rings. The van der Waals surface area contributed by atoms with Gasteiger partial charge in [-0.25, -0.2) is 8.78 Å². The molecular formula is C14H11BrF2N2O. The van der Waals surface area contributed by atoms with E-state index in [-0.39, 0.29) is 16.7 Å². The fraction of sp³-hybridized carbons (Fsp3) is 0.0714. The van der Waals surface area contributed by atoms with E-state index in [1.165, 1.54) is 0 Å². The van der Waals surface area contributed by atoms with Gasteiger partial charge in [-0.2, -0.15) is 0 Å². The summed E-state index contributed by atoms with van der Waals surface area (Å²) in [5, 5.41) is 5.28. The molecule has 2 N–H and O–H groups in total. The lowest BCUT2D eigenvalue weighted by atomic mass is 10.3. The SMILES string of the molecule is O=C(CNc1ccccc1)Nc1c(F)cc(F)cc1Br. The molecule has 0 radical (unpaired) electrons. The lowest BCUT2D eigenvalue weighted by Crippen LogP contribution is -2.22. The quantitative estimate of drug-likeness (QED) is 0.889. The minimum Gasteiger partial charge on any atom is -0.376 e. The molecule has 2 aromatic carbocycles. The normalized spacial score (nSPS) is 10.2. The molecule has 0 bridgehead atoms. The Labute approximate surface area is 123 Å². The number of amides is 1. The van der Waals surface area contributed by atoms with Gasteiger partial charge in [-0.3, -0.25) is 4.79 Å². The van der Waals surface area contributed by atoms with Crippen LogP contribution in [0.4, 0.5) is 20.2 Å². The third kappa shape index (κ3) is 3.77. The Hall–Kier alpha value is -1.95. The molecule has 0 saturated heterocycles. The van der Waals surface area contributed by atoms with E-state index < -0.39 is 17.5 Å². The van der Waals surface area contributed by atoms with Crippen molar-refractivity contribution in [1.29, 1.82) is 0 Å². The summed E-state index contributed by atoms with van der Waals surface area (Å²) in [6, 6.07) is 10.9. The van der Waals surface area contributed by atoms with E-state index >= 15 is 0 Å². The number of halogens is 3. The van der Waals surface area contributed by atoms with Gasteiger partial charge in [-0.1, -0.05) is 18.2 Å². The van der Waals surface area contributed by atoms with Crippen LogP contribution in [-0.4, -0.2) is 12.5 Å². The number of carbonyl (C=O) groups excluding carboxylic acids is 1. The molecule has 0 spiro atoms. The van der Waals surface area contributed by atoms with E-state index in [1.54, 1.807) is 0 Å². The van der Waals surface area contributed by atoms with Crippen LogP contribution in [0.1, 0.15) is 0 Å². The van der Waals surface area contributed by atoms with Crippen LogP contribution in [0.15, 0.2) is 46.9 Å². The molecular weight excluding hydrogens is 330 g/mol. The Morgan fingerprint density at radius 3 is 2.50 bits per heavy atom. The number of hydrogen-bond donors (Lipinski definition) is 2.